The first-order valence-corrected chi connectivity index (χ1v) is 4.30. The number of hydrogen-bond acceptors (Lipinski definition) is 3. The fraction of sp³-hybridized carbons (Fsp3) is 0.750. The van der Waals surface area contributed by atoms with E-state index in [0.29, 0.717) is 13.0 Å². The lowest BCUT2D eigenvalue weighted by Crippen LogP contribution is -2.47. The zero-order valence-electron chi connectivity index (χ0n) is 7.60. The Morgan fingerprint density at radius 3 is 2.57 bits per heavy atom. The first-order chi connectivity index (χ1) is 6.46. The van der Waals surface area contributed by atoms with Crippen molar-refractivity contribution in [3.8, 4) is 0 Å². The minimum atomic E-state index is -4.43. The first-order valence-electron chi connectivity index (χ1n) is 4.30. The Balaban J connectivity index is 2.65. The van der Waals surface area contributed by atoms with Gasteiger partial charge in [0.2, 0.25) is 0 Å². The van der Waals surface area contributed by atoms with E-state index in [1.807, 2.05) is 0 Å². The number of halogens is 3. The van der Waals surface area contributed by atoms with Gasteiger partial charge in [-0.25, -0.2) is 0 Å². The van der Waals surface area contributed by atoms with Gasteiger partial charge in [-0.15, -0.1) is 0 Å². The van der Waals surface area contributed by atoms with E-state index in [0.717, 1.165) is 6.42 Å². The summed E-state index contributed by atoms with van der Waals surface area (Å²) >= 11 is 0. The van der Waals surface area contributed by atoms with Crippen molar-refractivity contribution in [3.63, 3.8) is 0 Å². The highest BCUT2D eigenvalue weighted by atomic mass is 19.4. The van der Waals surface area contributed by atoms with E-state index < -0.39 is 23.9 Å². The Labute approximate surface area is 80.1 Å². The number of alkyl halides is 3. The molecular weight excluding hydrogens is 197 g/mol. The van der Waals surface area contributed by atoms with Gasteiger partial charge in [-0.05, 0) is 12.8 Å². The van der Waals surface area contributed by atoms with E-state index in [-0.39, 0.29) is 0 Å². The summed E-state index contributed by atoms with van der Waals surface area (Å²) in [6.07, 6.45) is -3.62. The predicted molar refractivity (Wildman–Crippen MR) is 45.3 cm³/mol. The summed E-state index contributed by atoms with van der Waals surface area (Å²) in [7, 11) is 0. The second-order valence-electron chi connectivity index (χ2n) is 3.22. The molecule has 0 aromatic carbocycles. The summed E-state index contributed by atoms with van der Waals surface area (Å²) in [5, 5.41) is 0. The van der Waals surface area contributed by atoms with Crippen LogP contribution in [0.3, 0.4) is 0 Å². The van der Waals surface area contributed by atoms with Gasteiger partial charge in [-0.3, -0.25) is 11.3 Å². The van der Waals surface area contributed by atoms with Crippen molar-refractivity contribution in [1.82, 2.24) is 5.43 Å². The lowest BCUT2D eigenvalue weighted by Gasteiger charge is -2.25. The van der Waals surface area contributed by atoms with Gasteiger partial charge >= 0.3 is 6.18 Å². The maximum Gasteiger partial charge on any atom is 0.413 e. The molecular formula is C8H13F3N2O. The number of ether oxygens (including phenoxy) is 1. The van der Waals surface area contributed by atoms with Crippen LogP contribution in [0.2, 0.25) is 0 Å². The highest BCUT2D eigenvalue weighted by Crippen LogP contribution is 2.30. The van der Waals surface area contributed by atoms with E-state index >= 15 is 0 Å². The highest BCUT2D eigenvalue weighted by Gasteiger charge is 2.41. The van der Waals surface area contributed by atoms with Crippen LogP contribution in [0.15, 0.2) is 12.2 Å². The second-order valence-corrected chi connectivity index (χ2v) is 3.22. The Morgan fingerprint density at radius 2 is 2.21 bits per heavy atom. The van der Waals surface area contributed by atoms with E-state index in [1.54, 1.807) is 0 Å². The molecule has 6 heteroatoms. The molecule has 0 aromatic rings. The fourth-order valence-corrected chi connectivity index (χ4v) is 1.47. The highest BCUT2D eigenvalue weighted by molar-refractivity contribution is 5.14. The molecule has 2 unspecified atom stereocenters. The standard InChI is InChI=1S/C8H13F3N2O/c1-5(8(9,10)11)7(13-12)6-3-2-4-14-6/h6-7,13H,1-4,12H2. The molecule has 0 aliphatic carbocycles. The third-order valence-electron chi connectivity index (χ3n) is 2.26. The summed E-state index contributed by atoms with van der Waals surface area (Å²) in [6.45, 7) is 3.47. The minimum absolute atomic E-state index is 0.480. The molecule has 3 nitrogen and oxygen atoms in total. The lowest BCUT2D eigenvalue weighted by molar-refractivity contribution is -0.101. The minimum Gasteiger partial charge on any atom is -0.376 e. The van der Waals surface area contributed by atoms with Crippen LogP contribution in [0.4, 0.5) is 13.2 Å². The molecule has 0 radical (unpaired) electrons. The van der Waals surface area contributed by atoms with Crippen molar-refractivity contribution in [1.29, 1.82) is 0 Å². The maximum absolute atomic E-state index is 12.3. The van der Waals surface area contributed by atoms with E-state index in [1.165, 1.54) is 0 Å². The van der Waals surface area contributed by atoms with Crippen molar-refractivity contribution in [2.24, 2.45) is 5.84 Å². The van der Waals surface area contributed by atoms with Gasteiger partial charge in [0.15, 0.2) is 0 Å². The van der Waals surface area contributed by atoms with Gasteiger partial charge in [0.1, 0.15) is 0 Å². The monoisotopic (exact) mass is 210 g/mol. The lowest BCUT2D eigenvalue weighted by atomic mass is 10.0. The van der Waals surface area contributed by atoms with Crippen LogP contribution >= 0.6 is 0 Å². The van der Waals surface area contributed by atoms with Crippen LogP contribution in [0.5, 0.6) is 0 Å². The first kappa shape index (κ1) is 11.5. The van der Waals surface area contributed by atoms with Crippen molar-refractivity contribution >= 4 is 0 Å². The number of hydrazine groups is 1. The smallest absolute Gasteiger partial charge is 0.376 e. The Bertz CT molecular complexity index is 211. The fourth-order valence-electron chi connectivity index (χ4n) is 1.47. The topological polar surface area (TPSA) is 47.3 Å². The number of rotatable bonds is 3. The van der Waals surface area contributed by atoms with E-state index in [2.05, 4.69) is 12.0 Å². The molecule has 1 heterocycles. The zero-order valence-corrected chi connectivity index (χ0v) is 7.60. The molecule has 0 saturated carbocycles. The van der Waals surface area contributed by atoms with Crippen LogP contribution in [-0.4, -0.2) is 24.9 Å². The van der Waals surface area contributed by atoms with Crippen LogP contribution in [0.25, 0.3) is 0 Å². The molecule has 3 N–H and O–H groups in total. The molecule has 1 aliphatic heterocycles. The normalized spacial score (nSPS) is 25.0. The zero-order chi connectivity index (χ0) is 10.8. The third-order valence-corrected chi connectivity index (χ3v) is 2.26. The molecule has 82 valence electrons. The van der Waals surface area contributed by atoms with Gasteiger partial charge in [0, 0.05) is 12.2 Å². The number of hydrogen-bond donors (Lipinski definition) is 2. The molecule has 0 aromatic heterocycles. The Hall–Kier alpha value is -0.590. The van der Waals surface area contributed by atoms with Crippen LogP contribution in [-0.2, 0) is 4.74 Å². The predicted octanol–water partition coefficient (Wildman–Crippen LogP) is 1.12. The van der Waals surface area contributed by atoms with E-state index in [4.69, 9.17) is 10.6 Å². The quantitative estimate of drug-likeness (QED) is 0.417. The molecule has 1 fully saturated rings. The summed E-state index contributed by atoms with van der Waals surface area (Å²) in [6, 6.07) is -1.04. The number of nitrogens with two attached hydrogens (primary N) is 1. The number of nitrogens with one attached hydrogen (secondary N) is 1. The summed E-state index contributed by atoms with van der Waals surface area (Å²) in [5.41, 5.74) is 1.22. The largest absolute Gasteiger partial charge is 0.413 e. The van der Waals surface area contributed by atoms with Crippen LogP contribution in [0, 0.1) is 0 Å². The van der Waals surface area contributed by atoms with Crippen molar-refractivity contribution < 1.29 is 17.9 Å². The van der Waals surface area contributed by atoms with Gasteiger partial charge in [0.05, 0.1) is 12.1 Å². The molecule has 1 saturated heterocycles. The average molecular weight is 210 g/mol. The Morgan fingerprint density at radius 1 is 1.57 bits per heavy atom. The van der Waals surface area contributed by atoms with Gasteiger partial charge in [-0.1, -0.05) is 6.58 Å². The van der Waals surface area contributed by atoms with Gasteiger partial charge in [-0.2, -0.15) is 13.2 Å². The van der Waals surface area contributed by atoms with Crippen molar-refractivity contribution in [2.45, 2.75) is 31.2 Å². The molecule has 1 aliphatic rings. The molecule has 0 spiro atoms. The van der Waals surface area contributed by atoms with Crippen molar-refractivity contribution in [2.75, 3.05) is 6.61 Å². The third kappa shape index (κ3) is 2.46. The summed E-state index contributed by atoms with van der Waals surface area (Å²) in [5.74, 6) is 5.06. The summed E-state index contributed by atoms with van der Waals surface area (Å²) in [4.78, 5) is 0. The van der Waals surface area contributed by atoms with Crippen LogP contribution in [0.1, 0.15) is 12.8 Å². The SMILES string of the molecule is C=C(C(NN)C1CCCO1)C(F)(F)F. The molecule has 0 amide bonds. The molecule has 0 bridgehead atoms. The molecule has 2 atom stereocenters. The van der Waals surface area contributed by atoms with Crippen molar-refractivity contribution in [3.05, 3.63) is 12.2 Å². The molecule has 14 heavy (non-hydrogen) atoms. The summed E-state index contributed by atoms with van der Waals surface area (Å²) < 4.78 is 42.0. The second kappa shape index (κ2) is 4.29. The van der Waals surface area contributed by atoms with E-state index in [9.17, 15) is 13.2 Å². The maximum atomic E-state index is 12.3. The van der Waals surface area contributed by atoms with Crippen LogP contribution < -0.4 is 11.3 Å². The Kier molecular flexibility index (Phi) is 3.52. The van der Waals surface area contributed by atoms with Gasteiger partial charge < -0.3 is 4.74 Å². The molecule has 1 rings (SSSR count). The van der Waals surface area contributed by atoms with Gasteiger partial charge in [0.25, 0.3) is 0 Å². The average Bonchev–Trinajstić information content (AvgIpc) is 2.57.